The number of nitrogens with zero attached hydrogens (tertiary/aromatic N) is 1. The maximum atomic E-state index is 11.8. The molecule has 0 saturated carbocycles. The van der Waals surface area contributed by atoms with Crippen LogP contribution >= 0.6 is 0 Å². The van der Waals surface area contributed by atoms with Gasteiger partial charge in [0.05, 0.1) is 6.04 Å². The number of rotatable bonds is 3. The maximum Gasteiger partial charge on any atom is 0.237 e. The first kappa shape index (κ1) is 12.9. The molecule has 0 aromatic heterocycles. The molecule has 1 aromatic carbocycles. The Labute approximate surface area is 108 Å². The average Bonchev–Trinajstić information content (AvgIpc) is 2.86. The maximum absolute atomic E-state index is 11.8. The van der Waals surface area contributed by atoms with Gasteiger partial charge in [0.25, 0.3) is 0 Å². The second kappa shape index (κ2) is 5.40. The van der Waals surface area contributed by atoms with Crippen LogP contribution in [0.2, 0.25) is 0 Å². The molecule has 1 fully saturated rings. The number of benzene rings is 1. The van der Waals surface area contributed by atoms with Gasteiger partial charge in [-0.15, -0.1) is 0 Å². The van der Waals surface area contributed by atoms with Gasteiger partial charge in [-0.3, -0.25) is 9.69 Å². The number of nitrogens with one attached hydrogen (secondary N) is 1. The van der Waals surface area contributed by atoms with Crippen molar-refractivity contribution in [3.8, 4) is 5.75 Å². The smallest absolute Gasteiger partial charge is 0.237 e. The fraction of sp³-hybridized carbons (Fsp3) is 0.500. The molecule has 18 heavy (non-hydrogen) atoms. The summed E-state index contributed by atoms with van der Waals surface area (Å²) in [6.07, 6.45) is 1.95. The van der Waals surface area contributed by atoms with E-state index in [4.69, 9.17) is 0 Å². The van der Waals surface area contributed by atoms with Crippen LogP contribution in [-0.4, -0.2) is 35.5 Å². The zero-order valence-electron chi connectivity index (χ0n) is 10.9. The number of amides is 1. The van der Waals surface area contributed by atoms with Crippen LogP contribution in [0.3, 0.4) is 0 Å². The minimum absolute atomic E-state index is 0.0488. The number of likely N-dealkylation sites (tertiary alicyclic amines) is 1. The molecule has 2 N–H and O–H groups in total. The molecular formula is C14H20N2O2. The van der Waals surface area contributed by atoms with Crippen molar-refractivity contribution in [3.05, 3.63) is 29.8 Å². The lowest BCUT2D eigenvalue weighted by molar-refractivity contribution is -0.125. The van der Waals surface area contributed by atoms with Crippen LogP contribution in [0.15, 0.2) is 24.3 Å². The first-order valence-corrected chi connectivity index (χ1v) is 6.39. The van der Waals surface area contributed by atoms with E-state index in [1.807, 2.05) is 12.1 Å². The minimum atomic E-state index is -0.0488. The summed E-state index contributed by atoms with van der Waals surface area (Å²) in [6, 6.07) is 7.35. The van der Waals surface area contributed by atoms with Gasteiger partial charge in [-0.25, -0.2) is 0 Å². The lowest BCUT2D eigenvalue weighted by Gasteiger charge is -2.29. The molecule has 1 aliphatic rings. The number of aromatic hydroxyl groups is 1. The number of phenols is 1. The van der Waals surface area contributed by atoms with E-state index in [-0.39, 0.29) is 23.7 Å². The molecule has 1 saturated heterocycles. The molecular weight excluding hydrogens is 228 g/mol. The third kappa shape index (κ3) is 2.48. The molecule has 4 heteroatoms. The number of likely N-dealkylation sites (N-methyl/N-ethyl adjacent to an activating group) is 1. The third-order valence-corrected chi connectivity index (χ3v) is 3.69. The predicted octanol–water partition coefficient (Wildman–Crippen LogP) is 1.66. The zero-order chi connectivity index (χ0) is 13.1. The monoisotopic (exact) mass is 248 g/mol. The van der Waals surface area contributed by atoms with E-state index in [2.05, 4.69) is 17.1 Å². The van der Waals surface area contributed by atoms with Gasteiger partial charge in [0.15, 0.2) is 0 Å². The Hall–Kier alpha value is -1.55. The van der Waals surface area contributed by atoms with Crippen molar-refractivity contribution in [3.63, 3.8) is 0 Å². The molecule has 4 nitrogen and oxygen atoms in total. The van der Waals surface area contributed by atoms with Crippen LogP contribution in [-0.2, 0) is 4.79 Å². The largest absolute Gasteiger partial charge is 0.508 e. The Morgan fingerprint density at radius 2 is 2.33 bits per heavy atom. The van der Waals surface area contributed by atoms with Crippen LogP contribution in [0.1, 0.15) is 31.4 Å². The van der Waals surface area contributed by atoms with Gasteiger partial charge >= 0.3 is 0 Å². The second-order valence-corrected chi connectivity index (χ2v) is 4.78. The fourth-order valence-electron chi connectivity index (χ4n) is 2.68. The Morgan fingerprint density at radius 3 is 3.00 bits per heavy atom. The first-order chi connectivity index (χ1) is 8.63. The molecule has 98 valence electrons. The molecule has 1 aromatic rings. The van der Waals surface area contributed by atoms with Gasteiger partial charge in [-0.1, -0.05) is 12.1 Å². The first-order valence-electron chi connectivity index (χ1n) is 6.39. The van der Waals surface area contributed by atoms with Crippen molar-refractivity contribution in [2.45, 2.75) is 31.8 Å². The summed E-state index contributed by atoms with van der Waals surface area (Å²) in [5.74, 6) is 0.356. The number of hydrogen-bond acceptors (Lipinski definition) is 3. The molecule has 0 spiro atoms. The summed E-state index contributed by atoms with van der Waals surface area (Å²) in [5, 5.41) is 12.3. The highest BCUT2D eigenvalue weighted by Gasteiger charge is 2.33. The van der Waals surface area contributed by atoms with Crippen molar-refractivity contribution in [2.24, 2.45) is 0 Å². The van der Waals surface area contributed by atoms with Gasteiger partial charge in [0.2, 0.25) is 5.91 Å². The Bertz CT molecular complexity index is 434. The summed E-state index contributed by atoms with van der Waals surface area (Å²) in [6.45, 7) is 3.00. The van der Waals surface area contributed by atoms with E-state index >= 15 is 0 Å². The summed E-state index contributed by atoms with van der Waals surface area (Å²) < 4.78 is 0. The van der Waals surface area contributed by atoms with E-state index in [1.165, 1.54) is 0 Å². The highest BCUT2D eigenvalue weighted by molar-refractivity contribution is 5.81. The molecule has 1 aliphatic heterocycles. The Kier molecular flexibility index (Phi) is 3.87. The zero-order valence-corrected chi connectivity index (χ0v) is 10.9. The molecule has 0 radical (unpaired) electrons. The topological polar surface area (TPSA) is 52.6 Å². The highest BCUT2D eigenvalue weighted by atomic mass is 16.3. The van der Waals surface area contributed by atoms with Crippen molar-refractivity contribution >= 4 is 5.91 Å². The summed E-state index contributed by atoms with van der Waals surface area (Å²) >= 11 is 0. The standard InChI is InChI=1S/C14H20N2O2/c1-10(11-5-3-6-12(17)9-11)16-8-4-7-13(16)14(18)15-2/h3,5-6,9-10,13,17H,4,7-8H2,1-2H3,(H,15,18). The Balaban J connectivity index is 2.17. The van der Waals surface area contributed by atoms with Crippen LogP contribution in [0, 0.1) is 0 Å². The predicted molar refractivity (Wildman–Crippen MR) is 70.3 cm³/mol. The van der Waals surface area contributed by atoms with Crippen LogP contribution in [0.25, 0.3) is 0 Å². The summed E-state index contributed by atoms with van der Waals surface area (Å²) in [4.78, 5) is 14.0. The number of carbonyl (C=O) groups excluding carboxylic acids is 1. The SMILES string of the molecule is CNC(=O)C1CCCN1C(C)c1cccc(O)c1. The normalized spacial score (nSPS) is 21.8. The van der Waals surface area contributed by atoms with Gasteiger partial charge in [-0.2, -0.15) is 0 Å². The average molecular weight is 248 g/mol. The fourth-order valence-corrected chi connectivity index (χ4v) is 2.68. The minimum Gasteiger partial charge on any atom is -0.508 e. The van der Waals surface area contributed by atoms with Gasteiger partial charge in [0, 0.05) is 13.1 Å². The highest BCUT2D eigenvalue weighted by Crippen LogP contribution is 2.30. The lowest BCUT2D eigenvalue weighted by atomic mass is 10.1. The van der Waals surface area contributed by atoms with Crippen molar-refractivity contribution in [1.29, 1.82) is 0 Å². The van der Waals surface area contributed by atoms with Crippen LogP contribution < -0.4 is 5.32 Å². The molecule has 0 bridgehead atoms. The van der Waals surface area contributed by atoms with Crippen LogP contribution in [0.5, 0.6) is 5.75 Å². The van der Waals surface area contributed by atoms with E-state index in [0.717, 1.165) is 24.9 Å². The quantitative estimate of drug-likeness (QED) is 0.855. The van der Waals surface area contributed by atoms with E-state index < -0.39 is 0 Å². The van der Waals surface area contributed by atoms with E-state index in [0.29, 0.717) is 0 Å². The van der Waals surface area contributed by atoms with Crippen molar-refractivity contribution < 1.29 is 9.90 Å². The van der Waals surface area contributed by atoms with E-state index in [1.54, 1.807) is 19.2 Å². The molecule has 1 heterocycles. The molecule has 1 amide bonds. The second-order valence-electron chi connectivity index (χ2n) is 4.78. The summed E-state index contributed by atoms with van der Waals surface area (Å²) in [7, 11) is 1.68. The molecule has 2 rings (SSSR count). The van der Waals surface area contributed by atoms with Gasteiger partial charge in [0.1, 0.15) is 5.75 Å². The van der Waals surface area contributed by atoms with Crippen molar-refractivity contribution in [1.82, 2.24) is 10.2 Å². The number of carbonyl (C=O) groups is 1. The van der Waals surface area contributed by atoms with Gasteiger partial charge < -0.3 is 10.4 Å². The van der Waals surface area contributed by atoms with Crippen LogP contribution in [0.4, 0.5) is 0 Å². The molecule has 0 aliphatic carbocycles. The van der Waals surface area contributed by atoms with Crippen molar-refractivity contribution in [2.75, 3.05) is 13.6 Å². The number of hydrogen-bond donors (Lipinski definition) is 2. The number of phenolic OH excluding ortho intramolecular Hbond substituents is 1. The summed E-state index contributed by atoms with van der Waals surface area (Å²) in [5.41, 5.74) is 1.05. The third-order valence-electron chi connectivity index (χ3n) is 3.69. The molecule has 2 unspecified atom stereocenters. The van der Waals surface area contributed by atoms with E-state index in [9.17, 15) is 9.90 Å². The Morgan fingerprint density at radius 1 is 1.56 bits per heavy atom. The lowest BCUT2D eigenvalue weighted by Crippen LogP contribution is -2.42. The van der Waals surface area contributed by atoms with Gasteiger partial charge in [-0.05, 0) is 44.0 Å². The molecule has 2 atom stereocenters.